The quantitative estimate of drug-likeness (QED) is 0.643. The van der Waals surface area contributed by atoms with Crippen LogP contribution >= 0.6 is 0 Å². The zero-order valence-corrected chi connectivity index (χ0v) is 16.2. The van der Waals surface area contributed by atoms with Gasteiger partial charge in [-0.25, -0.2) is 8.42 Å². The van der Waals surface area contributed by atoms with E-state index in [2.05, 4.69) is 15.0 Å². The number of carbonyl (C=O) groups excluding carboxylic acids is 1. The molecule has 0 aliphatic carbocycles. The molecule has 0 aliphatic heterocycles. The molecule has 0 atom stereocenters. The number of rotatable bonds is 7. The normalized spacial score (nSPS) is 11.0. The van der Waals surface area contributed by atoms with E-state index >= 15 is 0 Å². The van der Waals surface area contributed by atoms with Crippen LogP contribution in [0.4, 0.5) is 5.69 Å². The van der Waals surface area contributed by atoms with E-state index in [9.17, 15) is 13.2 Å². The first kappa shape index (κ1) is 19.6. The maximum atomic E-state index is 12.9. The van der Waals surface area contributed by atoms with Crippen LogP contribution in [0.3, 0.4) is 0 Å². The van der Waals surface area contributed by atoms with E-state index in [0.717, 1.165) is 11.1 Å². The van der Waals surface area contributed by atoms with Crippen molar-refractivity contribution in [3.05, 3.63) is 89.7 Å². The Bertz CT molecular complexity index is 1070. The fraction of sp³-hybridized carbons (Fsp3) is 0.143. The number of anilines is 1. The second-order valence-electron chi connectivity index (χ2n) is 6.28. The molecule has 7 heteroatoms. The predicted molar refractivity (Wildman–Crippen MR) is 109 cm³/mol. The topological polar surface area (TPSA) is 88.2 Å². The van der Waals surface area contributed by atoms with Crippen LogP contribution in [0.2, 0.25) is 0 Å². The van der Waals surface area contributed by atoms with Gasteiger partial charge in [0, 0.05) is 12.7 Å². The lowest BCUT2D eigenvalue weighted by Gasteiger charge is -2.13. The molecule has 3 rings (SSSR count). The number of aryl methyl sites for hydroxylation is 1. The number of nitrogens with zero attached hydrogens (tertiary/aromatic N) is 1. The van der Waals surface area contributed by atoms with E-state index in [1.165, 1.54) is 18.3 Å². The second kappa shape index (κ2) is 8.67. The molecule has 0 radical (unpaired) electrons. The van der Waals surface area contributed by atoms with Crippen molar-refractivity contribution in [1.82, 2.24) is 10.3 Å². The number of benzene rings is 2. The Morgan fingerprint density at radius 1 is 1.00 bits per heavy atom. The van der Waals surface area contributed by atoms with Gasteiger partial charge in [0.25, 0.3) is 15.9 Å². The van der Waals surface area contributed by atoms with E-state index in [4.69, 9.17) is 0 Å². The molecule has 0 saturated heterocycles. The maximum absolute atomic E-state index is 12.9. The van der Waals surface area contributed by atoms with Gasteiger partial charge in [-0.2, -0.15) is 0 Å². The summed E-state index contributed by atoms with van der Waals surface area (Å²) in [5.74, 6) is -0.431. The summed E-state index contributed by atoms with van der Waals surface area (Å²) in [6.07, 6.45) is 3.69. The first-order chi connectivity index (χ1) is 13.5. The third-order valence-corrected chi connectivity index (χ3v) is 5.67. The monoisotopic (exact) mass is 395 g/mol. The largest absolute Gasteiger partial charge is 0.352 e. The third-order valence-electron chi connectivity index (χ3n) is 4.25. The average molecular weight is 395 g/mol. The van der Waals surface area contributed by atoms with Gasteiger partial charge in [-0.15, -0.1) is 0 Å². The van der Waals surface area contributed by atoms with Crippen LogP contribution in [0.1, 0.15) is 21.5 Å². The van der Waals surface area contributed by atoms with Crippen molar-refractivity contribution in [3.8, 4) is 0 Å². The predicted octanol–water partition coefficient (Wildman–Crippen LogP) is 3.16. The molecular formula is C21H21N3O3S. The highest BCUT2D eigenvalue weighted by molar-refractivity contribution is 7.92. The summed E-state index contributed by atoms with van der Waals surface area (Å²) in [4.78, 5) is 16.5. The Morgan fingerprint density at radius 2 is 1.71 bits per heavy atom. The van der Waals surface area contributed by atoms with Crippen LogP contribution in [-0.4, -0.2) is 25.9 Å². The molecule has 1 aromatic heterocycles. The van der Waals surface area contributed by atoms with E-state index < -0.39 is 15.9 Å². The lowest BCUT2D eigenvalue weighted by atomic mass is 10.1. The van der Waals surface area contributed by atoms with Gasteiger partial charge >= 0.3 is 0 Å². The van der Waals surface area contributed by atoms with Crippen molar-refractivity contribution in [2.24, 2.45) is 0 Å². The van der Waals surface area contributed by atoms with Crippen molar-refractivity contribution in [1.29, 1.82) is 0 Å². The minimum absolute atomic E-state index is 0.0736. The van der Waals surface area contributed by atoms with E-state index in [-0.39, 0.29) is 10.5 Å². The number of sulfonamides is 1. The van der Waals surface area contributed by atoms with E-state index in [1.54, 1.807) is 31.3 Å². The first-order valence-electron chi connectivity index (χ1n) is 8.82. The molecule has 3 aromatic rings. The molecule has 0 fully saturated rings. The molecule has 28 heavy (non-hydrogen) atoms. The molecular weight excluding hydrogens is 374 g/mol. The smallest absolute Gasteiger partial charge is 0.262 e. The summed E-state index contributed by atoms with van der Waals surface area (Å²) in [6, 6.07) is 17.6. The summed E-state index contributed by atoms with van der Waals surface area (Å²) < 4.78 is 28.2. The molecule has 0 spiro atoms. The van der Waals surface area contributed by atoms with E-state index in [1.807, 2.05) is 30.3 Å². The zero-order chi connectivity index (χ0) is 20.0. The standard InChI is InChI=1S/C21H21N3O3S/c1-16-11-13-22-15-19(16)24-28(26,27)20-10-6-5-9-18(20)21(25)23-14-12-17-7-3-2-4-8-17/h2-11,13,15,24H,12,14H2,1H3,(H,23,25). The van der Waals surface area contributed by atoms with Crippen molar-refractivity contribution < 1.29 is 13.2 Å². The SMILES string of the molecule is Cc1ccncc1NS(=O)(=O)c1ccccc1C(=O)NCCc1ccccc1. The van der Waals surface area contributed by atoms with E-state index in [0.29, 0.717) is 18.7 Å². The Balaban J connectivity index is 1.76. The van der Waals surface area contributed by atoms with Crippen molar-refractivity contribution in [2.75, 3.05) is 11.3 Å². The van der Waals surface area contributed by atoms with Gasteiger partial charge < -0.3 is 5.32 Å². The van der Waals surface area contributed by atoms with Crippen LogP contribution in [0.5, 0.6) is 0 Å². The van der Waals surface area contributed by atoms with Crippen LogP contribution in [0.15, 0.2) is 78.0 Å². The Kier molecular flexibility index (Phi) is 6.06. The summed E-state index contributed by atoms with van der Waals surface area (Å²) in [7, 11) is -3.94. The number of hydrogen-bond donors (Lipinski definition) is 2. The van der Waals surface area contributed by atoms with Crippen molar-refractivity contribution in [2.45, 2.75) is 18.2 Å². The summed E-state index contributed by atoms with van der Waals surface area (Å²) in [5.41, 5.74) is 2.31. The van der Waals surface area contributed by atoms with Gasteiger partial charge in [0.05, 0.1) is 17.4 Å². The second-order valence-corrected chi connectivity index (χ2v) is 7.93. The van der Waals surface area contributed by atoms with Crippen LogP contribution < -0.4 is 10.0 Å². The summed E-state index contributed by atoms with van der Waals surface area (Å²) in [5, 5.41) is 2.79. The number of carbonyl (C=O) groups is 1. The lowest BCUT2D eigenvalue weighted by molar-refractivity contribution is 0.0951. The van der Waals surface area contributed by atoms with Gasteiger partial charge in [-0.05, 0) is 42.7 Å². The highest BCUT2D eigenvalue weighted by Gasteiger charge is 2.22. The Morgan fingerprint density at radius 3 is 2.46 bits per heavy atom. The number of aromatic nitrogens is 1. The molecule has 1 heterocycles. The van der Waals surface area contributed by atoms with Crippen molar-refractivity contribution in [3.63, 3.8) is 0 Å². The minimum Gasteiger partial charge on any atom is -0.352 e. The van der Waals surface area contributed by atoms with Crippen molar-refractivity contribution >= 4 is 21.6 Å². The minimum atomic E-state index is -3.94. The highest BCUT2D eigenvalue weighted by Crippen LogP contribution is 2.21. The van der Waals surface area contributed by atoms with Gasteiger partial charge in [-0.1, -0.05) is 42.5 Å². The first-order valence-corrected chi connectivity index (χ1v) is 10.3. The highest BCUT2D eigenvalue weighted by atomic mass is 32.2. The third kappa shape index (κ3) is 4.75. The number of pyridine rings is 1. The molecule has 144 valence electrons. The number of amides is 1. The zero-order valence-electron chi connectivity index (χ0n) is 15.4. The van der Waals surface area contributed by atoms with Gasteiger partial charge in [-0.3, -0.25) is 14.5 Å². The number of nitrogens with one attached hydrogen (secondary N) is 2. The van der Waals surface area contributed by atoms with Crippen LogP contribution in [0.25, 0.3) is 0 Å². The molecule has 0 saturated carbocycles. The Labute approximate surface area is 164 Å². The Hall–Kier alpha value is -3.19. The van der Waals surface area contributed by atoms with Crippen LogP contribution in [-0.2, 0) is 16.4 Å². The summed E-state index contributed by atoms with van der Waals surface area (Å²) >= 11 is 0. The van der Waals surface area contributed by atoms with Gasteiger partial charge in [0.2, 0.25) is 0 Å². The summed E-state index contributed by atoms with van der Waals surface area (Å²) in [6.45, 7) is 2.19. The van der Waals surface area contributed by atoms with Gasteiger partial charge in [0.1, 0.15) is 4.90 Å². The van der Waals surface area contributed by atoms with Crippen LogP contribution in [0, 0.1) is 6.92 Å². The molecule has 0 bridgehead atoms. The fourth-order valence-corrected chi connectivity index (χ4v) is 4.04. The maximum Gasteiger partial charge on any atom is 0.262 e. The molecule has 2 N–H and O–H groups in total. The number of hydrogen-bond acceptors (Lipinski definition) is 4. The molecule has 1 amide bonds. The molecule has 0 aliphatic rings. The molecule has 0 unspecified atom stereocenters. The fourth-order valence-electron chi connectivity index (χ4n) is 2.72. The molecule has 2 aromatic carbocycles. The molecule has 6 nitrogen and oxygen atoms in total. The average Bonchev–Trinajstić information content (AvgIpc) is 2.70. The lowest BCUT2D eigenvalue weighted by Crippen LogP contribution is -2.28. The van der Waals surface area contributed by atoms with Gasteiger partial charge in [0.15, 0.2) is 0 Å².